The van der Waals surface area contributed by atoms with Gasteiger partial charge in [-0.3, -0.25) is 19.1 Å². The van der Waals surface area contributed by atoms with Crippen molar-refractivity contribution in [2.45, 2.75) is 57.2 Å². The van der Waals surface area contributed by atoms with Gasteiger partial charge in [0.05, 0.1) is 6.54 Å². The first-order valence-corrected chi connectivity index (χ1v) is 10.9. The Balaban J connectivity index is 1.53. The smallest absolute Gasteiger partial charge is 0.276 e. The van der Waals surface area contributed by atoms with Crippen LogP contribution in [-0.2, 0) is 11.3 Å². The number of anilines is 1. The second-order valence-corrected chi connectivity index (χ2v) is 8.92. The molecule has 2 aromatic rings. The van der Waals surface area contributed by atoms with Crippen LogP contribution in [0.3, 0.4) is 0 Å². The van der Waals surface area contributed by atoms with E-state index in [2.05, 4.69) is 15.7 Å². The minimum atomic E-state index is -1.09. The zero-order valence-electron chi connectivity index (χ0n) is 17.7. The molecule has 2 heterocycles. The lowest BCUT2D eigenvalue weighted by Gasteiger charge is -2.41. The first-order chi connectivity index (χ1) is 14.8. The molecule has 1 aliphatic carbocycles. The molecule has 1 atom stereocenters. The average molecular weight is 444 g/mol. The molecule has 9 heteroatoms. The summed E-state index contributed by atoms with van der Waals surface area (Å²) in [5, 5.41) is 10.7. The number of halogens is 1. The molecule has 0 saturated heterocycles. The van der Waals surface area contributed by atoms with Gasteiger partial charge in [0, 0.05) is 29.9 Å². The monoisotopic (exact) mass is 443 g/mol. The SMILES string of the molecule is CN1C(=O)c2cc(C(=O)Nc3cccc(Cl)c3)nn2C[C@]1(C)C(=O)NC1CCCCC1. The fourth-order valence-corrected chi connectivity index (χ4v) is 4.38. The Hall–Kier alpha value is -2.87. The number of fused-ring (bicyclic) bond motifs is 1. The van der Waals surface area contributed by atoms with E-state index in [0.29, 0.717) is 10.7 Å². The molecule has 0 bridgehead atoms. The molecule has 3 amide bonds. The Morgan fingerprint density at radius 1 is 1.19 bits per heavy atom. The molecular weight excluding hydrogens is 418 g/mol. The van der Waals surface area contributed by atoms with Crippen LogP contribution in [0.15, 0.2) is 30.3 Å². The number of benzene rings is 1. The molecule has 2 N–H and O–H groups in total. The number of carbonyl (C=O) groups is 3. The molecule has 2 aliphatic rings. The van der Waals surface area contributed by atoms with E-state index in [9.17, 15) is 14.4 Å². The Morgan fingerprint density at radius 3 is 2.65 bits per heavy atom. The van der Waals surface area contributed by atoms with Crippen LogP contribution in [0, 0.1) is 0 Å². The maximum absolute atomic E-state index is 13.1. The van der Waals surface area contributed by atoms with Crippen LogP contribution in [0.1, 0.15) is 60.0 Å². The standard InChI is InChI=1S/C22H26ClN5O3/c1-22(21(31)25-15-8-4-3-5-9-15)13-28-18(20(30)27(22)2)12-17(26-28)19(29)24-16-10-6-7-14(23)11-16/h6-7,10-12,15H,3-5,8-9,13H2,1-2H3,(H,24,29)(H,25,31)/t22-/m1/s1. The second kappa shape index (κ2) is 8.34. The lowest BCUT2D eigenvalue weighted by molar-refractivity contribution is -0.133. The third-order valence-corrected chi connectivity index (χ3v) is 6.48. The third kappa shape index (κ3) is 4.17. The molecule has 0 unspecified atom stereocenters. The summed E-state index contributed by atoms with van der Waals surface area (Å²) in [4.78, 5) is 40.2. The first-order valence-electron chi connectivity index (χ1n) is 10.5. The predicted molar refractivity (Wildman–Crippen MR) is 117 cm³/mol. The maximum Gasteiger partial charge on any atom is 0.276 e. The van der Waals surface area contributed by atoms with Crippen LogP contribution in [0.4, 0.5) is 5.69 Å². The Labute approximate surface area is 185 Å². The van der Waals surface area contributed by atoms with Crippen LogP contribution < -0.4 is 10.6 Å². The normalized spacial score (nSPS) is 21.5. The minimum Gasteiger partial charge on any atom is -0.351 e. The number of hydrogen-bond donors (Lipinski definition) is 2. The highest BCUT2D eigenvalue weighted by atomic mass is 35.5. The molecule has 1 aliphatic heterocycles. The van der Waals surface area contributed by atoms with E-state index < -0.39 is 11.4 Å². The topological polar surface area (TPSA) is 96.3 Å². The van der Waals surface area contributed by atoms with Gasteiger partial charge in [-0.05, 0) is 38.0 Å². The number of nitrogens with one attached hydrogen (secondary N) is 2. The van der Waals surface area contributed by atoms with Gasteiger partial charge >= 0.3 is 0 Å². The Morgan fingerprint density at radius 2 is 1.94 bits per heavy atom. The summed E-state index contributed by atoms with van der Waals surface area (Å²) in [5.41, 5.74) is -0.173. The fourth-order valence-electron chi connectivity index (χ4n) is 4.19. The van der Waals surface area contributed by atoms with E-state index in [1.54, 1.807) is 38.2 Å². The summed E-state index contributed by atoms with van der Waals surface area (Å²) in [7, 11) is 1.62. The van der Waals surface area contributed by atoms with E-state index in [1.165, 1.54) is 22.1 Å². The van der Waals surface area contributed by atoms with Crippen LogP contribution in [-0.4, -0.2) is 51.0 Å². The molecule has 0 radical (unpaired) electrons. The highest BCUT2D eigenvalue weighted by Gasteiger charge is 2.46. The summed E-state index contributed by atoms with van der Waals surface area (Å²) >= 11 is 5.96. The van der Waals surface area contributed by atoms with E-state index in [0.717, 1.165) is 25.7 Å². The van der Waals surface area contributed by atoms with E-state index in [-0.39, 0.29) is 35.8 Å². The Kier molecular flexibility index (Phi) is 5.75. The first kappa shape index (κ1) is 21.4. The molecule has 31 heavy (non-hydrogen) atoms. The van der Waals surface area contributed by atoms with Gasteiger partial charge in [-0.25, -0.2) is 0 Å². The highest BCUT2D eigenvalue weighted by molar-refractivity contribution is 6.31. The van der Waals surface area contributed by atoms with Crippen LogP contribution in [0.25, 0.3) is 0 Å². The van der Waals surface area contributed by atoms with Crippen molar-refractivity contribution in [1.29, 1.82) is 0 Å². The fraction of sp³-hybridized carbons (Fsp3) is 0.455. The second-order valence-electron chi connectivity index (χ2n) is 8.48. The summed E-state index contributed by atoms with van der Waals surface area (Å²) in [6.45, 7) is 1.91. The van der Waals surface area contributed by atoms with Crippen LogP contribution in [0.5, 0.6) is 0 Å². The number of aromatic nitrogens is 2. The zero-order valence-corrected chi connectivity index (χ0v) is 18.4. The summed E-state index contributed by atoms with van der Waals surface area (Å²) in [6, 6.07) is 8.37. The van der Waals surface area contributed by atoms with E-state index >= 15 is 0 Å². The molecule has 4 rings (SSSR count). The van der Waals surface area contributed by atoms with Crippen molar-refractivity contribution in [3.05, 3.63) is 46.7 Å². The highest BCUT2D eigenvalue weighted by Crippen LogP contribution is 2.27. The third-order valence-electron chi connectivity index (χ3n) is 6.25. The summed E-state index contributed by atoms with van der Waals surface area (Å²) < 4.78 is 1.45. The summed E-state index contributed by atoms with van der Waals surface area (Å²) in [5.74, 6) is -0.990. The van der Waals surface area contributed by atoms with Gasteiger partial charge in [0.2, 0.25) is 5.91 Å². The van der Waals surface area contributed by atoms with Gasteiger partial charge in [-0.1, -0.05) is 36.9 Å². The van der Waals surface area contributed by atoms with Gasteiger partial charge in [0.25, 0.3) is 11.8 Å². The zero-order chi connectivity index (χ0) is 22.2. The lowest BCUT2D eigenvalue weighted by atomic mass is 9.92. The van der Waals surface area contributed by atoms with Gasteiger partial charge in [-0.2, -0.15) is 5.10 Å². The quantitative estimate of drug-likeness (QED) is 0.758. The van der Waals surface area contributed by atoms with Crippen LogP contribution >= 0.6 is 11.6 Å². The molecular formula is C22H26ClN5O3. The number of hydrogen-bond acceptors (Lipinski definition) is 4. The van der Waals surface area contributed by atoms with Gasteiger partial charge < -0.3 is 15.5 Å². The van der Waals surface area contributed by atoms with E-state index in [1.807, 2.05) is 0 Å². The number of amides is 3. The van der Waals surface area contributed by atoms with Crippen molar-refractivity contribution in [2.24, 2.45) is 0 Å². The lowest BCUT2D eigenvalue weighted by Crippen LogP contribution is -2.63. The number of likely N-dealkylation sites (N-methyl/N-ethyl adjacent to an activating group) is 1. The molecule has 1 aromatic carbocycles. The molecule has 1 saturated carbocycles. The van der Waals surface area contributed by atoms with Crippen molar-refractivity contribution >= 4 is 35.0 Å². The molecule has 164 valence electrons. The van der Waals surface area contributed by atoms with Crippen molar-refractivity contribution in [3.8, 4) is 0 Å². The predicted octanol–water partition coefficient (Wildman–Crippen LogP) is 3.08. The molecule has 1 aromatic heterocycles. The van der Waals surface area contributed by atoms with Crippen LogP contribution in [0.2, 0.25) is 5.02 Å². The van der Waals surface area contributed by atoms with Crippen molar-refractivity contribution < 1.29 is 14.4 Å². The summed E-state index contributed by atoms with van der Waals surface area (Å²) in [6.07, 6.45) is 5.31. The van der Waals surface area contributed by atoms with Crippen molar-refractivity contribution in [2.75, 3.05) is 12.4 Å². The van der Waals surface area contributed by atoms with Gasteiger partial charge in [0.1, 0.15) is 11.2 Å². The Bertz CT molecular complexity index is 1030. The van der Waals surface area contributed by atoms with Crippen molar-refractivity contribution in [3.63, 3.8) is 0 Å². The van der Waals surface area contributed by atoms with Gasteiger partial charge in [-0.15, -0.1) is 0 Å². The average Bonchev–Trinajstić information content (AvgIpc) is 3.17. The number of rotatable bonds is 4. The van der Waals surface area contributed by atoms with E-state index in [4.69, 9.17) is 11.6 Å². The minimum absolute atomic E-state index is 0.105. The molecule has 1 fully saturated rings. The number of carbonyl (C=O) groups excluding carboxylic acids is 3. The molecule has 8 nitrogen and oxygen atoms in total. The largest absolute Gasteiger partial charge is 0.351 e. The molecule has 0 spiro atoms. The maximum atomic E-state index is 13.1. The number of nitrogens with zero attached hydrogens (tertiary/aromatic N) is 3. The van der Waals surface area contributed by atoms with Crippen molar-refractivity contribution in [1.82, 2.24) is 20.0 Å². The van der Waals surface area contributed by atoms with Gasteiger partial charge in [0.15, 0.2) is 5.69 Å².